The van der Waals surface area contributed by atoms with Gasteiger partial charge in [-0.05, 0) is 54.8 Å². The molecule has 0 atom stereocenters. The summed E-state index contributed by atoms with van der Waals surface area (Å²) in [7, 11) is 1.41. The van der Waals surface area contributed by atoms with Crippen LogP contribution in [0.2, 0.25) is 0 Å². The average Bonchev–Trinajstić information content (AvgIpc) is 3.15. The number of hydrogen-bond acceptors (Lipinski definition) is 6. The number of phenolic OH excluding ortho intramolecular Hbond substituents is 1. The standard InChI is InChI=1S/C25H22N4O5/c1-14-7-4-12-20(15(14)2)29-24(31)21(23(28-29)34-3)27-26-19-11-6-10-18(22(19)30)16-8-5-9-17(13-16)25(32)33/h4-13,28,30H,1-3H3,(H,32,33). The van der Waals surface area contributed by atoms with Crippen molar-refractivity contribution in [1.82, 2.24) is 9.78 Å². The second-order valence-corrected chi connectivity index (χ2v) is 7.61. The molecule has 0 saturated carbocycles. The minimum absolute atomic E-state index is 0.0546. The molecule has 0 bridgehead atoms. The fraction of sp³-hybridized carbons (Fsp3) is 0.120. The van der Waals surface area contributed by atoms with Crippen LogP contribution in [0.1, 0.15) is 21.5 Å². The van der Waals surface area contributed by atoms with Crippen LogP contribution in [0.15, 0.2) is 75.7 Å². The molecule has 172 valence electrons. The van der Waals surface area contributed by atoms with Crippen LogP contribution >= 0.6 is 0 Å². The Bertz CT molecular complexity index is 1480. The van der Waals surface area contributed by atoms with Gasteiger partial charge in [0.15, 0.2) is 5.75 Å². The summed E-state index contributed by atoms with van der Waals surface area (Å²) in [6, 6.07) is 16.6. The normalized spacial score (nSPS) is 11.1. The maximum atomic E-state index is 13.1. The number of aryl methyl sites for hydroxylation is 1. The number of carbonyl (C=O) groups is 1. The number of nitrogens with one attached hydrogen (secondary N) is 1. The Morgan fingerprint density at radius 1 is 1.03 bits per heavy atom. The summed E-state index contributed by atoms with van der Waals surface area (Å²) < 4.78 is 6.63. The third-order valence-corrected chi connectivity index (χ3v) is 5.55. The lowest BCUT2D eigenvalue weighted by Crippen LogP contribution is -2.15. The number of rotatable bonds is 6. The van der Waals surface area contributed by atoms with Gasteiger partial charge in [-0.1, -0.05) is 36.4 Å². The van der Waals surface area contributed by atoms with Crippen LogP contribution in [-0.4, -0.2) is 33.1 Å². The van der Waals surface area contributed by atoms with Crippen LogP contribution < -0.4 is 10.3 Å². The molecule has 9 heteroatoms. The molecule has 4 aromatic rings. The summed E-state index contributed by atoms with van der Waals surface area (Å²) in [5, 5.41) is 31.1. The number of carboxylic acids is 1. The predicted octanol–water partition coefficient (Wildman–Crippen LogP) is 5.28. The molecule has 9 nitrogen and oxygen atoms in total. The zero-order chi connectivity index (χ0) is 24.4. The molecule has 0 fully saturated rings. The minimum Gasteiger partial charge on any atom is -0.505 e. The summed E-state index contributed by atoms with van der Waals surface area (Å²) in [5.41, 5.74) is 3.18. The molecule has 0 radical (unpaired) electrons. The number of methoxy groups -OCH3 is 1. The monoisotopic (exact) mass is 458 g/mol. The Balaban J connectivity index is 1.75. The minimum atomic E-state index is -1.07. The molecule has 3 N–H and O–H groups in total. The number of aromatic carboxylic acids is 1. The molecule has 0 saturated heterocycles. The molecule has 0 aliphatic heterocycles. The highest BCUT2D eigenvalue weighted by Gasteiger charge is 2.18. The number of hydrogen-bond donors (Lipinski definition) is 3. The fourth-order valence-corrected chi connectivity index (χ4v) is 3.55. The van der Waals surface area contributed by atoms with Crippen molar-refractivity contribution in [2.75, 3.05) is 7.11 Å². The van der Waals surface area contributed by atoms with Gasteiger partial charge in [0.1, 0.15) is 5.69 Å². The quantitative estimate of drug-likeness (QED) is 0.339. The third kappa shape index (κ3) is 4.06. The van der Waals surface area contributed by atoms with Gasteiger partial charge in [-0.3, -0.25) is 9.89 Å². The number of phenols is 1. The maximum absolute atomic E-state index is 13.1. The van der Waals surface area contributed by atoms with Gasteiger partial charge < -0.3 is 14.9 Å². The average molecular weight is 458 g/mol. The van der Waals surface area contributed by atoms with E-state index >= 15 is 0 Å². The Labute approximate surface area is 194 Å². The molecule has 0 spiro atoms. The lowest BCUT2D eigenvalue weighted by atomic mass is 10.0. The molecule has 0 unspecified atom stereocenters. The van der Waals surface area contributed by atoms with E-state index in [1.165, 1.54) is 30.0 Å². The lowest BCUT2D eigenvalue weighted by molar-refractivity contribution is 0.0697. The molecule has 0 aliphatic rings. The number of carboxylic acid groups (broad SMARTS) is 1. The molecular formula is C25H22N4O5. The van der Waals surface area contributed by atoms with Crippen LogP contribution in [-0.2, 0) is 0 Å². The van der Waals surface area contributed by atoms with E-state index in [9.17, 15) is 19.8 Å². The van der Waals surface area contributed by atoms with Crippen molar-refractivity contribution < 1.29 is 19.7 Å². The SMILES string of the molecule is COc1[nH]n(-c2cccc(C)c2C)c(=O)c1N=Nc1cccc(-c2cccc(C(=O)O)c2)c1O. The Morgan fingerprint density at radius 3 is 2.50 bits per heavy atom. The van der Waals surface area contributed by atoms with Gasteiger partial charge in [-0.15, -0.1) is 10.2 Å². The zero-order valence-corrected chi connectivity index (χ0v) is 18.7. The van der Waals surface area contributed by atoms with Crippen molar-refractivity contribution in [3.63, 3.8) is 0 Å². The number of benzene rings is 3. The molecule has 4 rings (SSSR count). The third-order valence-electron chi connectivity index (χ3n) is 5.55. The predicted molar refractivity (Wildman–Crippen MR) is 127 cm³/mol. The highest BCUT2D eigenvalue weighted by atomic mass is 16.5. The summed E-state index contributed by atoms with van der Waals surface area (Å²) in [6.45, 7) is 3.86. The van der Waals surface area contributed by atoms with E-state index in [-0.39, 0.29) is 28.6 Å². The van der Waals surface area contributed by atoms with E-state index < -0.39 is 11.5 Å². The van der Waals surface area contributed by atoms with E-state index in [0.29, 0.717) is 16.8 Å². The molecule has 1 heterocycles. The van der Waals surface area contributed by atoms with Crippen molar-refractivity contribution in [3.05, 3.63) is 87.7 Å². The van der Waals surface area contributed by atoms with Crippen molar-refractivity contribution in [3.8, 4) is 28.4 Å². The molecule has 1 aromatic heterocycles. The molecule has 0 aliphatic carbocycles. The van der Waals surface area contributed by atoms with Crippen molar-refractivity contribution in [2.45, 2.75) is 13.8 Å². The first-order valence-corrected chi connectivity index (χ1v) is 10.3. The highest BCUT2D eigenvalue weighted by Crippen LogP contribution is 2.38. The van der Waals surface area contributed by atoms with E-state index in [2.05, 4.69) is 15.3 Å². The van der Waals surface area contributed by atoms with E-state index in [4.69, 9.17) is 4.74 Å². The summed E-state index contributed by atoms with van der Waals surface area (Å²) in [5.74, 6) is -1.14. The number of aromatic amines is 1. The highest BCUT2D eigenvalue weighted by molar-refractivity contribution is 5.90. The number of para-hydroxylation sites is 1. The summed E-state index contributed by atoms with van der Waals surface area (Å²) >= 11 is 0. The largest absolute Gasteiger partial charge is 0.505 e. The first kappa shape index (κ1) is 22.5. The van der Waals surface area contributed by atoms with Gasteiger partial charge in [0, 0.05) is 5.56 Å². The molecular weight excluding hydrogens is 436 g/mol. The number of ether oxygens (including phenoxy) is 1. The van der Waals surface area contributed by atoms with E-state index in [0.717, 1.165) is 11.1 Å². The number of aromatic nitrogens is 2. The summed E-state index contributed by atoms with van der Waals surface area (Å²) in [6.07, 6.45) is 0. The summed E-state index contributed by atoms with van der Waals surface area (Å²) in [4.78, 5) is 24.4. The second-order valence-electron chi connectivity index (χ2n) is 7.61. The van der Waals surface area contributed by atoms with Gasteiger partial charge >= 0.3 is 11.5 Å². The smallest absolute Gasteiger partial charge is 0.335 e. The topological polar surface area (TPSA) is 129 Å². The Morgan fingerprint density at radius 2 is 1.76 bits per heavy atom. The number of aromatic hydroxyl groups is 1. The Hall–Kier alpha value is -4.66. The van der Waals surface area contributed by atoms with Crippen LogP contribution in [0.3, 0.4) is 0 Å². The first-order chi connectivity index (χ1) is 16.3. The molecule has 0 amide bonds. The van der Waals surface area contributed by atoms with Crippen LogP contribution in [0.25, 0.3) is 16.8 Å². The number of H-pyrrole nitrogens is 1. The van der Waals surface area contributed by atoms with Crippen LogP contribution in [0, 0.1) is 13.8 Å². The molecule has 34 heavy (non-hydrogen) atoms. The van der Waals surface area contributed by atoms with Crippen LogP contribution in [0.5, 0.6) is 11.6 Å². The van der Waals surface area contributed by atoms with Crippen molar-refractivity contribution in [2.24, 2.45) is 10.2 Å². The van der Waals surface area contributed by atoms with E-state index in [1.54, 1.807) is 30.3 Å². The van der Waals surface area contributed by atoms with Crippen molar-refractivity contribution in [1.29, 1.82) is 0 Å². The van der Waals surface area contributed by atoms with Crippen molar-refractivity contribution >= 4 is 17.3 Å². The second kappa shape index (κ2) is 9.07. The lowest BCUT2D eigenvalue weighted by Gasteiger charge is -2.08. The maximum Gasteiger partial charge on any atom is 0.335 e. The van der Waals surface area contributed by atoms with Gasteiger partial charge in [0.25, 0.3) is 0 Å². The Kier molecular flexibility index (Phi) is 6.01. The fourth-order valence-electron chi connectivity index (χ4n) is 3.55. The number of nitrogens with zero attached hydrogens (tertiary/aromatic N) is 3. The van der Waals surface area contributed by atoms with Crippen LogP contribution in [0.4, 0.5) is 11.4 Å². The molecule has 3 aromatic carbocycles. The van der Waals surface area contributed by atoms with Gasteiger partial charge in [-0.2, -0.15) is 0 Å². The van der Waals surface area contributed by atoms with Gasteiger partial charge in [0.2, 0.25) is 11.6 Å². The first-order valence-electron chi connectivity index (χ1n) is 10.3. The number of azo groups is 1. The zero-order valence-electron chi connectivity index (χ0n) is 18.7. The van der Waals surface area contributed by atoms with E-state index in [1.807, 2.05) is 26.0 Å². The van der Waals surface area contributed by atoms with Gasteiger partial charge in [-0.25, -0.2) is 9.48 Å². The van der Waals surface area contributed by atoms with Gasteiger partial charge in [0.05, 0.1) is 18.4 Å².